The highest BCUT2D eigenvalue weighted by atomic mass is 32.2. The van der Waals surface area contributed by atoms with Gasteiger partial charge in [0.25, 0.3) is 0 Å². The molecule has 92 valence electrons. The quantitative estimate of drug-likeness (QED) is 0.734. The third-order valence-electron chi connectivity index (χ3n) is 2.68. The van der Waals surface area contributed by atoms with Crippen LogP contribution in [-0.4, -0.2) is 32.1 Å². The van der Waals surface area contributed by atoms with E-state index in [-0.39, 0.29) is 5.69 Å². The van der Waals surface area contributed by atoms with Crippen LogP contribution >= 0.6 is 11.8 Å². The van der Waals surface area contributed by atoms with Crippen LogP contribution in [0, 0.1) is 11.3 Å². The molecule has 1 aliphatic rings. The highest BCUT2D eigenvalue weighted by molar-refractivity contribution is 7.99. The number of hydrogen-bond donors (Lipinski definition) is 2. The summed E-state index contributed by atoms with van der Waals surface area (Å²) in [7, 11) is 1.66. The van der Waals surface area contributed by atoms with Crippen molar-refractivity contribution in [2.24, 2.45) is 7.05 Å². The molecule has 1 unspecified atom stereocenters. The number of nitriles is 1. The topological polar surface area (TPSA) is 86.5 Å². The summed E-state index contributed by atoms with van der Waals surface area (Å²) in [5.74, 6) is 0.568. The zero-order valence-corrected chi connectivity index (χ0v) is 10.7. The van der Waals surface area contributed by atoms with Gasteiger partial charge in [0.2, 0.25) is 0 Å². The molecule has 1 saturated carbocycles. The van der Waals surface area contributed by atoms with Gasteiger partial charge in [0, 0.05) is 18.8 Å². The van der Waals surface area contributed by atoms with Crippen molar-refractivity contribution in [3.63, 3.8) is 0 Å². The molecule has 0 saturated heterocycles. The maximum absolute atomic E-state index is 11.2. The average Bonchev–Trinajstić information content (AvgIpc) is 3.06. The van der Waals surface area contributed by atoms with Crippen LogP contribution in [0.5, 0.6) is 0 Å². The van der Waals surface area contributed by atoms with Gasteiger partial charge in [0.1, 0.15) is 5.54 Å². The Morgan fingerprint density at radius 1 is 1.76 bits per heavy atom. The summed E-state index contributed by atoms with van der Waals surface area (Å²) in [5.41, 5.74) is -0.804. The lowest BCUT2D eigenvalue weighted by molar-refractivity contribution is 0.490. The number of H-pyrrole nitrogens is 1. The van der Waals surface area contributed by atoms with Crippen molar-refractivity contribution in [3.8, 4) is 6.07 Å². The highest BCUT2D eigenvalue weighted by Crippen LogP contribution is 2.25. The maximum Gasteiger partial charge on any atom is 0.343 e. The lowest BCUT2D eigenvalue weighted by atomic mass is 10.1. The second-order valence-corrected chi connectivity index (χ2v) is 5.46. The van der Waals surface area contributed by atoms with Gasteiger partial charge in [-0.15, -0.1) is 5.10 Å². The van der Waals surface area contributed by atoms with Gasteiger partial charge in [-0.3, -0.25) is 9.88 Å². The minimum absolute atomic E-state index is 0.235. The molecule has 0 aromatic carbocycles. The van der Waals surface area contributed by atoms with Gasteiger partial charge in [-0.25, -0.2) is 9.89 Å². The van der Waals surface area contributed by atoms with Crippen molar-refractivity contribution in [2.45, 2.75) is 36.5 Å². The molecule has 1 aliphatic carbocycles. The van der Waals surface area contributed by atoms with E-state index < -0.39 is 5.54 Å². The van der Waals surface area contributed by atoms with Crippen molar-refractivity contribution in [1.82, 2.24) is 20.1 Å². The van der Waals surface area contributed by atoms with Gasteiger partial charge < -0.3 is 0 Å². The maximum atomic E-state index is 11.2. The summed E-state index contributed by atoms with van der Waals surface area (Å²) < 4.78 is 1.44. The van der Waals surface area contributed by atoms with Gasteiger partial charge in [0.15, 0.2) is 5.16 Å². The molecule has 1 heterocycles. The first-order chi connectivity index (χ1) is 8.04. The van der Waals surface area contributed by atoms with Crippen LogP contribution in [-0.2, 0) is 7.05 Å². The van der Waals surface area contributed by atoms with E-state index in [0.29, 0.717) is 17.0 Å². The van der Waals surface area contributed by atoms with E-state index in [1.165, 1.54) is 16.3 Å². The third-order valence-corrected chi connectivity index (χ3v) is 4.02. The summed E-state index contributed by atoms with van der Waals surface area (Å²) in [6, 6.07) is 2.76. The monoisotopic (exact) mass is 253 g/mol. The first-order valence-electron chi connectivity index (χ1n) is 5.47. The van der Waals surface area contributed by atoms with E-state index in [1.807, 2.05) is 6.92 Å². The number of aromatic amines is 1. The first-order valence-corrected chi connectivity index (χ1v) is 6.46. The Bertz CT molecular complexity index is 498. The molecule has 0 radical (unpaired) electrons. The fourth-order valence-corrected chi connectivity index (χ4v) is 2.41. The van der Waals surface area contributed by atoms with E-state index >= 15 is 0 Å². The molecular weight excluding hydrogens is 238 g/mol. The van der Waals surface area contributed by atoms with Crippen LogP contribution in [0.4, 0.5) is 0 Å². The van der Waals surface area contributed by atoms with Crippen molar-refractivity contribution in [3.05, 3.63) is 10.5 Å². The van der Waals surface area contributed by atoms with E-state index in [1.54, 1.807) is 7.05 Å². The Morgan fingerprint density at radius 3 is 2.94 bits per heavy atom. The molecular formula is C10H15N5OS. The number of nitrogens with zero attached hydrogens (tertiary/aromatic N) is 3. The van der Waals surface area contributed by atoms with Crippen molar-refractivity contribution in [1.29, 1.82) is 5.26 Å². The normalized spacial score (nSPS) is 18.6. The number of aromatic nitrogens is 3. The lowest BCUT2D eigenvalue weighted by Gasteiger charge is -2.22. The molecule has 1 aromatic heterocycles. The molecule has 17 heavy (non-hydrogen) atoms. The zero-order chi connectivity index (χ0) is 12.5. The number of hydrogen-bond acceptors (Lipinski definition) is 5. The summed E-state index contributed by atoms with van der Waals surface area (Å²) in [6.45, 7) is 1.88. The van der Waals surface area contributed by atoms with E-state index in [0.717, 1.165) is 12.8 Å². The minimum Gasteiger partial charge on any atom is -0.296 e. The smallest absolute Gasteiger partial charge is 0.296 e. The molecule has 1 atom stereocenters. The molecule has 0 amide bonds. The Morgan fingerprint density at radius 2 is 2.47 bits per heavy atom. The molecule has 2 rings (SSSR count). The predicted molar refractivity (Wildman–Crippen MR) is 64.7 cm³/mol. The predicted octanol–water partition coefficient (Wildman–Crippen LogP) is 0.235. The minimum atomic E-state index is -0.569. The molecule has 1 aromatic rings. The second kappa shape index (κ2) is 4.55. The van der Waals surface area contributed by atoms with Crippen molar-refractivity contribution < 1.29 is 0 Å². The molecule has 0 bridgehead atoms. The number of rotatable bonds is 5. The van der Waals surface area contributed by atoms with Gasteiger partial charge in [0.05, 0.1) is 6.07 Å². The lowest BCUT2D eigenvalue weighted by Crippen LogP contribution is -2.44. The Hall–Kier alpha value is -1.26. The molecule has 7 heteroatoms. The number of thioether (sulfide) groups is 1. The second-order valence-electron chi connectivity index (χ2n) is 4.52. The molecule has 0 aliphatic heterocycles. The molecule has 2 N–H and O–H groups in total. The highest BCUT2D eigenvalue weighted by Gasteiger charge is 2.32. The van der Waals surface area contributed by atoms with Gasteiger partial charge in [-0.05, 0) is 19.8 Å². The summed E-state index contributed by atoms with van der Waals surface area (Å²) in [4.78, 5) is 11.2. The first kappa shape index (κ1) is 12.2. The fraction of sp³-hybridized carbons (Fsp3) is 0.700. The summed E-state index contributed by atoms with van der Waals surface area (Å²) >= 11 is 1.40. The van der Waals surface area contributed by atoms with Crippen LogP contribution < -0.4 is 11.0 Å². The summed E-state index contributed by atoms with van der Waals surface area (Å²) in [6.07, 6.45) is 2.28. The average molecular weight is 253 g/mol. The van der Waals surface area contributed by atoms with E-state index in [9.17, 15) is 10.1 Å². The van der Waals surface area contributed by atoms with Crippen LogP contribution in [0.3, 0.4) is 0 Å². The van der Waals surface area contributed by atoms with E-state index in [4.69, 9.17) is 0 Å². The van der Waals surface area contributed by atoms with E-state index in [2.05, 4.69) is 21.6 Å². The fourth-order valence-electron chi connectivity index (χ4n) is 1.45. The molecule has 1 fully saturated rings. The van der Waals surface area contributed by atoms with Crippen molar-refractivity contribution in [2.75, 3.05) is 5.75 Å². The standard InChI is InChI=1S/C10H15N5OS/c1-10(5-11,12-7-3-4-7)6-17-9-14-13-8(16)15(9)2/h7,12H,3-4,6H2,1-2H3,(H,13,16). The molecule has 6 nitrogen and oxygen atoms in total. The van der Waals surface area contributed by atoms with Gasteiger partial charge in [-0.2, -0.15) is 5.26 Å². The van der Waals surface area contributed by atoms with Gasteiger partial charge in [-0.1, -0.05) is 11.8 Å². The van der Waals surface area contributed by atoms with Crippen LogP contribution in [0.15, 0.2) is 9.95 Å². The number of nitrogens with one attached hydrogen (secondary N) is 2. The SMILES string of the molecule is Cn1c(SCC(C)(C#N)NC2CC2)n[nH]c1=O. The van der Waals surface area contributed by atoms with Crippen LogP contribution in [0.1, 0.15) is 19.8 Å². The van der Waals surface area contributed by atoms with Crippen LogP contribution in [0.2, 0.25) is 0 Å². The molecule has 0 spiro atoms. The summed E-state index contributed by atoms with van der Waals surface area (Å²) in [5, 5.41) is 19.4. The Labute approximate surface area is 103 Å². The largest absolute Gasteiger partial charge is 0.343 e. The third kappa shape index (κ3) is 2.90. The van der Waals surface area contributed by atoms with Gasteiger partial charge >= 0.3 is 5.69 Å². The Balaban J connectivity index is 1.98. The zero-order valence-electron chi connectivity index (χ0n) is 9.86. The van der Waals surface area contributed by atoms with Crippen LogP contribution in [0.25, 0.3) is 0 Å². The Kier molecular flexibility index (Phi) is 3.26. The van der Waals surface area contributed by atoms with Crippen molar-refractivity contribution >= 4 is 11.8 Å².